The molecular formula is C12H19NO. The lowest BCUT2D eigenvalue weighted by Crippen LogP contribution is -1.98. The SMILES string of the molecule is CCCCc1ccc(N)c(OCC)c1. The van der Waals surface area contributed by atoms with Crippen molar-refractivity contribution in [2.75, 3.05) is 12.3 Å². The van der Waals surface area contributed by atoms with Crippen LogP contribution in [0.1, 0.15) is 32.3 Å². The van der Waals surface area contributed by atoms with Crippen LogP contribution in [0, 0.1) is 0 Å². The van der Waals surface area contributed by atoms with Gasteiger partial charge in [0.2, 0.25) is 0 Å². The number of anilines is 1. The molecule has 0 atom stereocenters. The fourth-order valence-corrected chi connectivity index (χ4v) is 1.40. The third kappa shape index (κ3) is 2.95. The van der Waals surface area contributed by atoms with Crippen LogP contribution in [0.25, 0.3) is 0 Å². The molecule has 0 saturated heterocycles. The second kappa shape index (κ2) is 5.53. The first-order valence-electron chi connectivity index (χ1n) is 5.29. The minimum absolute atomic E-state index is 0.668. The van der Waals surface area contributed by atoms with Crippen LogP contribution < -0.4 is 10.5 Å². The van der Waals surface area contributed by atoms with Crippen LogP contribution in [0.15, 0.2) is 18.2 Å². The van der Waals surface area contributed by atoms with E-state index in [1.807, 2.05) is 13.0 Å². The number of benzene rings is 1. The minimum Gasteiger partial charge on any atom is -0.492 e. The maximum atomic E-state index is 5.78. The molecule has 0 aliphatic carbocycles. The summed E-state index contributed by atoms with van der Waals surface area (Å²) < 4.78 is 5.43. The second-order valence-electron chi connectivity index (χ2n) is 3.41. The maximum absolute atomic E-state index is 5.78. The Morgan fingerprint density at radius 1 is 1.29 bits per heavy atom. The Hall–Kier alpha value is -1.18. The van der Waals surface area contributed by atoms with Gasteiger partial charge in [0.15, 0.2) is 0 Å². The molecule has 0 amide bonds. The average molecular weight is 193 g/mol. The van der Waals surface area contributed by atoms with Crippen molar-refractivity contribution in [3.05, 3.63) is 23.8 Å². The molecule has 0 aromatic heterocycles. The first kappa shape index (κ1) is 10.9. The first-order valence-corrected chi connectivity index (χ1v) is 5.29. The van der Waals surface area contributed by atoms with Gasteiger partial charge in [-0.05, 0) is 37.5 Å². The summed E-state index contributed by atoms with van der Waals surface area (Å²) >= 11 is 0. The number of nitrogen functional groups attached to an aromatic ring is 1. The number of ether oxygens (including phenoxy) is 1. The van der Waals surface area contributed by atoms with Gasteiger partial charge < -0.3 is 10.5 Å². The van der Waals surface area contributed by atoms with Crippen molar-refractivity contribution >= 4 is 5.69 Å². The Morgan fingerprint density at radius 3 is 2.71 bits per heavy atom. The van der Waals surface area contributed by atoms with Gasteiger partial charge in [0.25, 0.3) is 0 Å². The van der Waals surface area contributed by atoms with Gasteiger partial charge in [-0.2, -0.15) is 0 Å². The van der Waals surface area contributed by atoms with E-state index in [2.05, 4.69) is 19.1 Å². The predicted octanol–water partition coefficient (Wildman–Crippen LogP) is 3.01. The molecule has 0 aliphatic rings. The fourth-order valence-electron chi connectivity index (χ4n) is 1.40. The molecule has 0 saturated carbocycles. The van der Waals surface area contributed by atoms with Crippen molar-refractivity contribution in [1.82, 2.24) is 0 Å². The molecule has 0 spiro atoms. The largest absolute Gasteiger partial charge is 0.492 e. The van der Waals surface area contributed by atoms with E-state index in [1.54, 1.807) is 0 Å². The van der Waals surface area contributed by atoms with Gasteiger partial charge in [0.05, 0.1) is 12.3 Å². The number of nitrogens with two attached hydrogens (primary N) is 1. The Morgan fingerprint density at radius 2 is 2.07 bits per heavy atom. The first-order chi connectivity index (χ1) is 6.77. The van der Waals surface area contributed by atoms with E-state index >= 15 is 0 Å². The van der Waals surface area contributed by atoms with E-state index in [0.717, 1.165) is 17.9 Å². The van der Waals surface area contributed by atoms with Crippen LogP contribution in [0.4, 0.5) is 5.69 Å². The van der Waals surface area contributed by atoms with Gasteiger partial charge in [-0.1, -0.05) is 19.4 Å². The highest BCUT2D eigenvalue weighted by Gasteiger charge is 2.01. The van der Waals surface area contributed by atoms with E-state index in [9.17, 15) is 0 Å². The highest BCUT2D eigenvalue weighted by Crippen LogP contribution is 2.23. The molecule has 1 aromatic carbocycles. The van der Waals surface area contributed by atoms with Crippen LogP contribution in [0.2, 0.25) is 0 Å². The zero-order valence-corrected chi connectivity index (χ0v) is 9.05. The van der Waals surface area contributed by atoms with Gasteiger partial charge >= 0.3 is 0 Å². The number of rotatable bonds is 5. The van der Waals surface area contributed by atoms with Gasteiger partial charge in [-0.3, -0.25) is 0 Å². The van der Waals surface area contributed by atoms with Crippen LogP contribution in [-0.2, 0) is 6.42 Å². The maximum Gasteiger partial charge on any atom is 0.142 e. The molecule has 0 unspecified atom stereocenters. The van der Waals surface area contributed by atoms with E-state index < -0.39 is 0 Å². The smallest absolute Gasteiger partial charge is 0.142 e. The Balaban J connectivity index is 2.72. The molecule has 78 valence electrons. The van der Waals surface area contributed by atoms with Gasteiger partial charge in [-0.25, -0.2) is 0 Å². The second-order valence-corrected chi connectivity index (χ2v) is 3.41. The topological polar surface area (TPSA) is 35.2 Å². The molecule has 2 N–H and O–H groups in total. The molecular weight excluding hydrogens is 174 g/mol. The number of unbranched alkanes of at least 4 members (excludes halogenated alkanes) is 1. The molecule has 14 heavy (non-hydrogen) atoms. The van der Waals surface area contributed by atoms with Crippen molar-refractivity contribution in [1.29, 1.82) is 0 Å². The Labute approximate surface area is 86.1 Å². The van der Waals surface area contributed by atoms with E-state index in [0.29, 0.717) is 6.61 Å². The van der Waals surface area contributed by atoms with E-state index in [1.165, 1.54) is 18.4 Å². The van der Waals surface area contributed by atoms with Crippen molar-refractivity contribution in [3.63, 3.8) is 0 Å². The summed E-state index contributed by atoms with van der Waals surface area (Å²) in [6, 6.07) is 6.05. The van der Waals surface area contributed by atoms with E-state index in [4.69, 9.17) is 10.5 Å². The number of hydrogen-bond donors (Lipinski definition) is 1. The highest BCUT2D eigenvalue weighted by atomic mass is 16.5. The van der Waals surface area contributed by atoms with E-state index in [-0.39, 0.29) is 0 Å². The highest BCUT2D eigenvalue weighted by molar-refractivity contribution is 5.53. The number of hydrogen-bond acceptors (Lipinski definition) is 2. The summed E-state index contributed by atoms with van der Waals surface area (Å²) in [4.78, 5) is 0. The molecule has 2 nitrogen and oxygen atoms in total. The van der Waals surface area contributed by atoms with Crippen molar-refractivity contribution in [2.45, 2.75) is 33.1 Å². The lowest BCUT2D eigenvalue weighted by molar-refractivity contribution is 0.341. The third-order valence-corrected chi connectivity index (χ3v) is 2.20. The summed E-state index contributed by atoms with van der Waals surface area (Å²) in [6.45, 7) is 4.83. The summed E-state index contributed by atoms with van der Waals surface area (Å²) in [5.41, 5.74) is 7.82. The quantitative estimate of drug-likeness (QED) is 0.729. The molecule has 0 fully saturated rings. The summed E-state index contributed by atoms with van der Waals surface area (Å²) in [6.07, 6.45) is 3.54. The zero-order valence-electron chi connectivity index (χ0n) is 9.05. The Kier molecular flexibility index (Phi) is 4.30. The van der Waals surface area contributed by atoms with Gasteiger partial charge in [0, 0.05) is 0 Å². The minimum atomic E-state index is 0.668. The summed E-state index contributed by atoms with van der Waals surface area (Å²) in [5.74, 6) is 0.820. The van der Waals surface area contributed by atoms with Gasteiger partial charge in [-0.15, -0.1) is 0 Å². The van der Waals surface area contributed by atoms with Crippen molar-refractivity contribution < 1.29 is 4.74 Å². The molecule has 1 rings (SSSR count). The van der Waals surface area contributed by atoms with Crippen LogP contribution >= 0.6 is 0 Å². The van der Waals surface area contributed by atoms with Crippen molar-refractivity contribution in [2.24, 2.45) is 0 Å². The molecule has 0 aliphatic heterocycles. The Bertz CT molecular complexity index is 284. The molecule has 0 heterocycles. The van der Waals surface area contributed by atoms with Crippen LogP contribution in [0.3, 0.4) is 0 Å². The predicted molar refractivity (Wildman–Crippen MR) is 60.6 cm³/mol. The fraction of sp³-hybridized carbons (Fsp3) is 0.500. The summed E-state index contributed by atoms with van der Waals surface area (Å²) in [5, 5.41) is 0. The average Bonchev–Trinajstić information content (AvgIpc) is 2.19. The molecule has 0 radical (unpaired) electrons. The third-order valence-electron chi connectivity index (χ3n) is 2.20. The van der Waals surface area contributed by atoms with Crippen LogP contribution in [-0.4, -0.2) is 6.61 Å². The zero-order chi connectivity index (χ0) is 10.4. The monoisotopic (exact) mass is 193 g/mol. The number of aryl methyl sites for hydroxylation is 1. The molecule has 0 bridgehead atoms. The van der Waals surface area contributed by atoms with Crippen molar-refractivity contribution in [3.8, 4) is 5.75 Å². The molecule has 2 heteroatoms. The standard InChI is InChI=1S/C12H19NO/c1-3-5-6-10-7-8-11(13)12(9-10)14-4-2/h7-9H,3-6,13H2,1-2H3. The van der Waals surface area contributed by atoms with Gasteiger partial charge in [0.1, 0.15) is 5.75 Å². The van der Waals surface area contributed by atoms with Crippen LogP contribution in [0.5, 0.6) is 5.75 Å². The lowest BCUT2D eigenvalue weighted by atomic mass is 10.1. The summed E-state index contributed by atoms with van der Waals surface area (Å²) in [7, 11) is 0. The normalized spacial score (nSPS) is 10.1. The molecule has 1 aromatic rings. The lowest BCUT2D eigenvalue weighted by Gasteiger charge is -2.08.